The lowest BCUT2D eigenvalue weighted by molar-refractivity contribution is -0.0325. The van der Waals surface area contributed by atoms with Crippen LogP contribution in [0.2, 0.25) is 0 Å². The van der Waals surface area contributed by atoms with E-state index in [4.69, 9.17) is 9.72 Å². The lowest BCUT2D eigenvalue weighted by atomic mass is 10.0. The van der Waals surface area contributed by atoms with Crippen LogP contribution in [0, 0.1) is 0 Å². The highest BCUT2D eigenvalue weighted by atomic mass is 32.1. The standard InChI is InChI=1S/C14H26N2OS/c1-7-14(5,17-8-2)13-16-12(10(3)4)11(18-13)9-15-6/h10,15H,7-9H2,1-6H3. The van der Waals surface area contributed by atoms with E-state index < -0.39 is 0 Å². The molecule has 0 aromatic carbocycles. The number of hydrogen-bond acceptors (Lipinski definition) is 4. The zero-order chi connectivity index (χ0) is 13.8. The first-order valence-corrected chi connectivity index (χ1v) is 7.58. The maximum Gasteiger partial charge on any atom is 0.125 e. The second-order valence-electron chi connectivity index (χ2n) is 5.03. The van der Waals surface area contributed by atoms with Crippen molar-refractivity contribution in [3.05, 3.63) is 15.6 Å². The number of aromatic nitrogens is 1. The second kappa shape index (κ2) is 6.64. The highest BCUT2D eigenvalue weighted by Crippen LogP contribution is 2.35. The van der Waals surface area contributed by atoms with Gasteiger partial charge in [-0.2, -0.15) is 0 Å². The summed E-state index contributed by atoms with van der Waals surface area (Å²) in [6.07, 6.45) is 0.949. The minimum absolute atomic E-state index is 0.241. The van der Waals surface area contributed by atoms with Crippen LogP contribution < -0.4 is 5.32 Å². The van der Waals surface area contributed by atoms with Crippen molar-refractivity contribution < 1.29 is 4.74 Å². The van der Waals surface area contributed by atoms with Crippen molar-refractivity contribution in [3.63, 3.8) is 0 Å². The molecular formula is C14H26N2OS. The highest BCUT2D eigenvalue weighted by Gasteiger charge is 2.30. The summed E-state index contributed by atoms with van der Waals surface area (Å²) < 4.78 is 5.92. The first-order chi connectivity index (χ1) is 8.48. The highest BCUT2D eigenvalue weighted by molar-refractivity contribution is 7.11. The molecule has 1 aromatic heterocycles. The summed E-state index contributed by atoms with van der Waals surface area (Å²) in [6.45, 7) is 12.3. The average Bonchev–Trinajstić information content (AvgIpc) is 2.74. The van der Waals surface area contributed by atoms with E-state index in [0.717, 1.165) is 24.6 Å². The predicted molar refractivity (Wildman–Crippen MR) is 78.2 cm³/mol. The van der Waals surface area contributed by atoms with Gasteiger partial charge in [-0.15, -0.1) is 11.3 Å². The molecule has 104 valence electrons. The Morgan fingerprint density at radius 3 is 2.50 bits per heavy atom. The van der Waals surface area contributed by atoms with Gasteiger partial charge in [-0.3, -0.25) is 0 Å². The molecule has 4 heteroatoms. The minimum atomic E-state index is -0.241. The summed E-state index contributed by atoms with van der Waals surface area (Å²) in [5, 5.41) is 4.34. The lowest BCUT2D eigenvalue weighted by Crippen LogP contribution is -2.24. The van der Waals surface area contributed by atoms with Crippen molar-refractivity contribution in [2.75, 3.05) is 13.7 Å². The normalized spacial score (nSPS) is 15.1. The summed E-state index contributed by atoms with van der Waals surface area (Å²) in [5.41, 5.74) is 0.971. The van der Waals surface area contributed by atoms with Gasteiger partial charge in [0.25, 0.3) is 0 Å². The molecule has 1 aromatic rings. The molecule has 0 aliphatic carbocycles. The molecular weight excluding hydrogens is 244 g/mol. The molecule has 0 saturated heterocycles. The molecule has 0 aliphatic heterocycles. The van der Waals surface area contributed by atoms with Crippen LogP contribution in [0.25, 0.3) is 0 Å². The largest absolute Gasteiger partial charge is 0.368 e. The van der Waals surface area contributed by atoms with E-state index in [2.05, 4.69) is 33.0 Å². The van der Waals surface area contributed by atoms with E-state index in [1.165, 1.54) is 10.6 Å². The van der Waals surface area contributed by atoms with Crippen LogP contribution in [0.15, 0.2) is 0 Å². The Morgan fingerprint density at radius 2 is 2.06 bits per heavy atom. The van der Waals surface area contributed by atoms with Crippen LogP contribution in [-0.4, -0.2) is 18.6 Å². The van der Waals surface area contributed by atoms with Gasteiger partial charge in [-0.1, -0.05) is 20.8 Å². The Morgan fingerprint density at radius 1 is 1.39 bits per heavy atom. The van der Waals surface area contributed by atoms with Crippen molar-refractivity contribution in [1.29, 1.82) is 0 Å². The van der Waals surface area contributed by atoms with Crippen molar-refractivity contribution in [3.8, 4) is 0 Å². The Kier molecular flexibility index (Phi) is 5.76. The fraction of sp³-hybridized carbons (Fsp3) is 0.786. The molecule has 0 radical (unpaired) electrons. The molecule has 0 fully saturated rings. The van der Waals surface area contributed by atoms with Crippen molar-refractivity contribution >= 4 is 11.3 Å². The molecule has 1 rings (SSSR count). The molecule has 0 aliphatic rings. The summed E-state index contributed by atoms with van der Waals surface area (Å²) in [7, 11) is 1.98. The van der Waals surface area contributed by atoms with Gasteiger partial charge in [-0.25, -0.2) is 4.98 Å². The number of nitrogens with zero attached hydrogens (tertiary/aromatic N) is 1. The van der Waals surface area contributed by atoms with E-state index in [1.54, 1.807) is 11.3 Å². The maximum atomic E-state index is 5.92. The van der Waals surface area contributed by atoms with Gasteiger partial charge >= 0.3 is 0 Å². The molecule has 1 N–H and O–H groups in total. The van der Waals surface area contributed by atoms with E-state index in [0.29, 0.717) is 5.92 Å². The second-order valence-corrected chi connectivity index (χ2v) is 6.11. The molecule has 0 saturated carbocycles. The number of ether oxygens (including phenoxy) is 1. The van der Waals surface area contributed by atoms with Gasteiger partial charge in [0.15, 0.2) is 0 Å². The lowest BCUT2D eigenvalue weighted by Gasteiger charge is -2.25. The monoisotopic (exact) mass is 270 g/mol. The molecule has 0 amide bonds. The van der Waals surface area contributed by atoms with Gasteiger partial charge in [0, 0.05) is 18.0 Å². The van der Waals surface area contributed by atoms with Gasteiger partial charge in [-0.05, 0) is 33.2 Å². The van der Waals surface area contributed by atoms with E-state index in [9.17, 15) is 0 Å². The van der Waals surface area contributed by atoms with Crippen LogP contribution in [0.5, 0.6) is 0 Å². The predicted octanol–water partition coefficient (Wildman–Crippen LogP) is 3.65. The summed E-state index contributed by atoms with van der Waals surface area (Å²) >= 11 is 1.79. The molecule has 3 nitrogen and oxygen atoms in total. The van der Waals surface area contributed by atoms with Gasteiger partial charge in [0.05, 0.1) is 5.69 Å². The number of thiazole rings is 1. The topological polar surface area (TPSA) is 34.1 Å². The molecule has 1 atom stereocenters. The van der Waals surface area contributed by atoms with E-state index >= 15 is 0 Å². The third-order valence-corrected chi connectivity index (χ3v) is 4.52. The third kappa shape index (κ3) is 3.31. The fourth-order valence-electron chi connectivity index (χ4n) is 1.96. The zero-order valence-corrected chi connectivity index (χ0v) is 13.3. The Hall–Kier alpha value is -0.450. The van der Waals surface area contributed by atoms with Crippen molar-refractivity contribution in [1.82, 2.24) is 10.3 Å². The number of hydrogen-bond donors (Lipinski definition) is 1. The van der Waals surface area contributed by atoms with E-state index in [-0.39, 0.29) is 5.60 Å². The SMILES string of the molecule is CCOC(C)(CC)c1nc(C(C)C)c(CNC)s1. The van der Waals surface area contributed by atoms with Crippen LogP contribution >= 0.6 is 11.3 Å². The molecule has 1 unspecified atom stereocenters. The summed E-state index contributed by atoms with van der Waals surface area (Å²) in [4.78, 5) is 6.18. The molecule has 0 bridgehead atoms. The third-order valence-electron chi connectivity index (χ3n) is 3.20. The number of rotatable bonds is 7. The molecule has 0 spiro atoms. The average molecular weight is 270 g/mol. The van der Waals surface area contributed by atoms with Crippen molar-refractivity contribution in [2.24, 2.45) is 0 Å². The summed E-state index contributed by atoms with van der Waals surface area (Å²) in [5.74, 6) is 0.459. The van der Waals surface area contributed by atoms with Crippen LogP contribution in [0.1, 0.15) is 62.5 Å². The van der Waals surface area contributed by atoms with Crippen LogP contribution in [0.3, 0.4) is 0 Å². The quantitative estimate of drug-likeness (QED) is 0.821. The smallest absolute Gasteiger partial charge is 0.125 e. The molecule has 1 heterocycles. The number of nitrogens with one attached hydrogen (secondary N) is 1. The fourth-order valence-corrected chi connectivity index (χ4v) is 3.36. The Labute approximate surface area is 115 Å². The zero-order valence-electron chi connectivity index (χ0n) is 12.5. The van der Waals surface area contributed by atoms with Gasteiger partial charge in [0.2, 0.25) is 0 Å². The Bertz CT molecular complexity index is 376. The maximum absolute atomic E-state index is 5.92. The van der Waals surface area contributed by atoms with E-state index in [1.807, 2.05) is 14.0 Å². The van der Waals surface area contributed by atoms with Crippen LogP contribution in [0.4, 0.5) is 0 Å². The van der Waals surface area contributed by atoms with Crippen molar-refractivity contribution in [2.45, 2.75) is 59.1 Å². The minimum Gasteiger partial charge on any atom is -0.368 e. The Balaban J connectivity index is 3.12. The van der Waals surface area contributed by atoms with Gasteiger partial charge in [0.1, 0.15) is 10.6 Å². The summed E-state index contributed by atoms with van der Waals surface area (Å²) in [6, 6.07) is 0. The van der Waals surface area contributed by atoms with Crippen LogP contribution in [-0.2, 0) is 16.9 Å². The van der Waals surface area contributed by atoms with Gasteiger partial charge < -0.3 is 10.1 Å². The first-order valence-electron chi connectivity index (χ1n) is 6.77. The molecule has 18 heavy (non-hydrogen) atoms. The first kappa shape index (κ1) is 15.6.